The van der Waals surface area contributed by atoms with Crippen LogP contribution >= 0.6 is 0 Å². The van der Waals surface area contributed by atoms with Crippen molar-refractivity contribution in [3.63, 3.8) is 0 Å². The van der Waals surface area contributed by atoms with E-state index in [1.54, 1.807) is 7.11 Å². The molecule has 27 heavy (non-hydrogen) atoms. The highest BCUT2D eigenvalue weighted by Crippen LogP contribution is 2.29. The Bertz CT molecular complexity index is 738. The van der Waals surface area contributed by atoms with Crippen LogP contribution in [0.15, 0.2) is 12.4 Å². The predicted molar refractivity (Wildman–Crippen MR) is 100 cm³/mol. The monoisotopic (exact) mass is 372 g/mol. The fourth-order valence-electron chi connectivity index (χ4n) is 4.01. The van der Waals surface area contributed by atoms with Gasteiger partial charge in [0.1, 0.15) is 18.8 Å². The molecule has 1 saturated heterocycles. The molecule has 1 unspecified atom stereocenters. The quantitative estimate of drug-likeness (QED) is 0.799. The lowest BCUT2D eigenvalue weighted by molar-refractivity contribution is 0.177. The van der Waals surface area contributed by atoms with Gasteiger partial charge in [0, 0.05) is 31.7 Å². The number of nitrogens with one attached hydrogen (secondary N) is 1. The smallest absolute Gasteiger partial charge is 0.156 e. The van der Waals surface area contributed by atoms with Crippen molar-refractivity contribution in [2.75, 3.05) is 25.6 Å². The van der Waals surface area contributed by atoms with Crippen LogP contribution in [0.25, 0.3) is 0 Å². The van der Waals surface area contributed by atoms with E-state index < -0.39 is 0 Å². The molecular formula is C19H28N6O2. The Morgan fingerprint density at radius 1 is 1.22 bits per heavy atom. The molecule has 0 bridgehead atoms. The zero-order valence-corrected chi connectivity index (χ0v) is 15.9. The molecule has 8 nitrogen and oxygen atoms in total. The average molecular weight is 372 g/mol. The zero-order chi connectivity index (χ0) is 18.5. The number of hydrogen-bond acceptors (Lipinski definition) is 7. The van der Waals surface area contributed by atoms with Crippen LogP contribution < -0.4 is 5.32 Å². The SMILES string of the molecule is COCc1nc(NCc2nncn2C2CCCCC2)cc(C2CCOC2)n1. The molecule has 1 aliphatic heterocycles. The summed E-state index contributed by atoms with van der Waals surface area (Å²) in [4.78, 5) is 9.24. The molecule has 1 atom stereocenters. The third-order valence-corrected chi connectivity index (χ3v) is 5.46. The molecule has 0 aromatic carbocycles. The summed E-state index contributed by atoms with van der Waals surface area (Å²) in [6.07, 6.45) is 9.20. The lowest BCUT2D eigenvalue weighted by atomic mass is 9.95. The Morgan fingerprint density at radius 3 is 2.89 bits per heavy atom. The van der Waals surface area contributed by atoms with Crippen LogP contribution in [-0.4, -0.2) is 45.1 Å². The summed E-state index contributed by atoms with van der Waals surface area (Å²) in [6.45, 7) is 2.51. The van der Waals surface area contributed by atoms with E-state index in [2.05, 4.69) is 30.0 Å². The van der Waals surface area contributed by atoms with E-state index in [1.807, 2.05) is 12.4 Å². The van der Waals surface area contributed by atoms with Crippen LogP contribution in [0.5, 0.6) is 0 Å². The van der Waals surface area contributed by atoms with Gasteiger partial charge in [0.25, 0.3) is 0 Å². The number of methoxy groups -OCH3 is 1. The molecule has 146 valence electrons. The van der Waals surface area contributed by atoms with Gasteiger partial charge >= 0.3 is 0 Å². The van der Waals surface area contributed by atoms with Gasteiger partial charge in [-0.3, -0.25) is 0 Å². The standard InChI is InChI=1S/C19H28N6O2/c1-26-12-18-22-16(14-7-8-27-11-14)9-17(23-18)20-10-19-24-21-13-25(19)15-5-3-2-4-6-15/h9,13-15H,2-8,10-12H2,1H3,(H,20,22,23). The third kappa shape index (κ3) is 4.44. The summed E-state index contributed by atoms with van der Waals surface area (Å²) >= 11 is 0. The predicted octanol–water partition coefficient (Wildman–Crippen LogP) is 2.84. The van der Waals surface area contributed by atoms with Crippen molar-refractivity contribution in [3.8, 4) is 0 Å². The topological polar surface area (TPSA) is 87.0 Å². The van der Waals surface area contributed by atoms with Gasteiger partial charge in [0.05, 0.1) is 18.8 Å². The molecule has 8 heteroatoms. The van der Waals surface area contributed by atoms with Crippen LogP contribution in [0.1, 0.15) is 67.8 Å². The largest absolute Gasteiger partial charge is 0.381 e. The van der Waals surface area contributed by atoms with Crippen LogP contribution in [0.3, 0.4) is 0 Å². The molecular weight excluding hydrogens is 344 g/mol. The fraction of sp³-hybridized carbons (Fsp3) is 0.684. The Hall–Kier alpha value is -2.06. The van der Waals surface area contributed by atoms with Crippen LogP contribution in [0.4, 0.5) is 5.82 Å². The highest BCUT2D eigenvalue weighted by molar-refractivity contribution is 5.37. The van der Waals surface area contributed by atoms with Gasteiger partial charge in [-0.25, -0.2) is 9.97 Å². The fourth-order valence-corrected chi connectivity index (χ4v) is 4.01. The number of rotatable bonds is 7. The molecule has 1 saturated carbocycles. The van der Waals surface area contributed by atoms with Crippen LogP contribution in [0, 0.1) is 0 Å². The van der Waals surface area contributed by atoms with E-state index in [9.17, 15) is 0 Å². The first-order chi connectivity index (χ1) is 13.3. The summed E-state index contributed by atoms with van der Waals surface area (Å²) in [5, 5.41) is 11.9. The number of aromatic nitrogens is 5. The molecule has 1 N–H and O–H groups in total. The van der Waals surface area contributed by atoms with E-state index in [4.69, 9.17) is 9.47 Å². The molecule has 2 fully saturated rings. The molecule has 2 aromatic rings. The normalized spacial score (nSPS) is 20.9. The lowest BCUT2D eigenvalue weighted by Crippen LogP contribution is -2.17. The highest BCUT2D eigenvalue weighted by atomic mass is 16.5. The Labute approximate surface area is 159 Å². The number of anilines is 1. The van der Waals surface area contributed by atoms with Crippen molar-refractivity contribution in [1.82, 2.24) is 24.7 Å². The number of nitrogens with zero attached hydrogens (tertiary/aromatic N) is 5. The van der Waals surface area contributed by atoms with Gasteiger partial charge in [0.15, 0.2) is 11.6 Å². The minimum absolute atomic E-state index is 0.329. The summed E-state index contributed by atoms with van der Waals surface area (Å²) < 4.78 is 13.0. The van der Waals surface area contributed by atoms with E-state index >= 15 is 0 Å². The first-order valence-electron chi connectivity index (χ1n) is 9.90. The minimum atomic E-state index is 0.329. The molecule has 3 heterocycles. The summed E-state index contributed by atoms with van der Waals surface area (Å²) in [7, 11) is 1.66. The Kier molecular flexibility index (Phi) is 5.94. The van der Waals surface area contributed by atoms with Gasteiger partial charge in [0.2, 0.25) is 0 Å². The molecule has 2 aliphatic rings. The second-order valence-corrected chi connectivity index (χ2v) is 7.39. The minimum Gasteiger partial charge on any atom is -0.381 e. The molecule has 0 radical (unpaired) electrons. The van der Waals surface area contributed by atoms with Crippen molar-refractivity contribution in [3.05, 3.63) is 29.7 Å². The maximum Gasteiger partial charge on any atom is 0.156 e. The molecule has 2 aromatic heterocycles. The van der Waals surface area contributed by atoms with Crippen LogP contribution in [-0.2, 0) is 22.6 Å². The number of ether oxygens (including phenoxy) is 2. The van der Waals surface area contributed by atoms with E-state index in [0.717, 1.165) is 37.0 Å². The molecule has 0 spiro atoms. The van der Waals surface area contributed by atoms with Crippen molar-refractivity contribution < 1.29 is 9.47 Å². The van der Waals surface area contributed by atoms with Gasteiger partial charge in [-0.05, 0) is 19.3 Å². The second-order valence-electron chi connectivity index (χ2n) is 7.39. The summed E-state index contributed by atoms with van der Waals surface area (Å²) in [5.41, 5.74) is 1.02. The maximum atomic E-state index is 5.52. The van der Waals surface area contributed by atoms with Gasteiger partial charge < -0.3 is 19.4 Å². The molecule has 4 rings (SSSR count). The Morgan fingerprint density at radius 2 is 2.11 bits per heavy atom. The van der Waals surface area contributed by atoms with E-state index in [1.165, 1.54) is 32.1 Å². The van der Waals surface area contributed by atoms with Gasteiger partial charge in [-0.1, -0.05) is 19.3 Å². The lowest BCUT2D eigenvalue weighted by Gasteiger charge is -2.24. The maximum absolute atomic E-state index is 5.52. The van der Waals surface area contributed by atoms with Crippen molar-refractivity contribution in [1.29, 1.82) is 0 Å². The Balaban J connectivity index is 1.48. The van der Waals surface area contributed by atoms with Crippen LogP contribution in [0.2, 0.25) is 0 Å². The second kappa shape index (κ2) is 8.75. The van der Waals surface area contributed by atoms with Crippen molar-refractivity contribution >= 4 is 5.82 Å². The van der Waals surface area contributed by atoms with E-state index in [-0.39, 0.29) is 0 Å². The zero-order valence-electron chi connectivity index (χ0n) is 15.9. The summed E-state index contributed by atoms with van der Waals surface area (Å²) in [5.74, 6) is 2.78. The van der Waals surface area contributed by atoms with Gasteiger partial charge in [-0.2, -0.15) is 0 Å². The third-order valence-electron chi connectivity index (χ3n) is 5.46. The van der Waals surface area contributed by atoms with E-state index in [0.29, 0.717) is 30.9 Å². The highest BCUT2D eigenvalue weighted by Gasteiger charge is 2.21. The first-order valence-corrected chi connectivity index (χ1v) is 9.90. The first kappa shape index (κ1) is 18.3. The molecule has 0 amide bonds. The average Bonchev–Trinajstić information content (AvgIpc) is 3.39. The molecule has 1 aliphatic carbocycles. The number of hydrogen-bond donors (Lipinski definition) is 1. The van der Waals surface area contributed by atoms with Gasteiger partial charge in [-0.15, -0.1) is 10.2 Å². The summed E-state index contributed by atoms with van der Waals surface area (Å²) in [6, 6.07) is 2.55. The van der Waals surface area contributed by atoms with Crippen molar-refractivity contribution in [2.24, 2.45) is 0 Å². The van der Waals surface area contributed by atoms with Crippen molar-refractivity contribution in [2.45, 2.75) is 63.6 Å².